The second kappa shape index (κ2) is 6.77. The molecule has 2 atom stereocenters. The van der Waals surface area contributed by atoms with Gasteiger partial charge in [-0.1, -0.05) is 49.1 Å². The summed E-state index contributed by atoms with van der Waals surface area (Å²) >= 11 is 0. The third-order valence-electron chi connectivity index (χ3n) is 4.92. The molecule has 0 spiro atoms. The Morgan fingerprint density at radius 1 is 1.12 bits per heavy atom. The van der Waals surface area contributed by atoms with E-state index in [9.17, 15) is 9.18 Å². The highest BCUT2D eigenvalue weighted by molar-refractivity contribution is 5.84. The van der Waals surface area contributed by atoms with Gasteiger partial charge >= 0.3 is 0 Å². The number of benzene rings is 2. The van der Waals surface area contributed by atoms with Crippen molar-refractivity contribution in [3.05, 3.63) is 90.0 Å². The van der Waals surface area contributed by atoms with Crippen molar-refractivity contribution in [2.75, 3.05) is 0 Å². The highest BCUT2D eigenvalue weighted by atomic mass is 19.1. The smallest absolute Gasteiger partial charge is 0.251 e. The second-order valence-corrected chi connectivity index (χ2v) is 6.60. The van der Waals surface area contributed by atoms with Crippen LogP contribution in [0.4, 0.5) is 4.39 Å². The monoisotopic (exact) mass is 349 g/mol. The van der Waals surface area contributed by atoms with Crippen LogP contribution in [0.3, 0.4) is 0 Å². The number of carbonyl (C=O) groups is 1. The number of fused-ring (bicyclic) bond motifs is 1. The molecular formula is C21H20FN3O. The molecule has 0 aliphatic carbocycles. The second-order valence-electron chi connectivity index (χ2n) is 6.60. The summed E-state index contributed by atoms with van der Waals surface area (Å²) in [7, 11) is 0. The van der Waals surface area contributed by atoms with Gasteiger partial charge in [0.2, 0.25) is 0 Å². The maximum Gasteiger partial charge on any atom is 0.251 e. The van der Waals surface area contributed by atoms with Gasteiger partial charge in [-0.2, -0.15) is 0 Å². The molecule has 2 aliphatic rings. The summed E-state index contributed by atoms with van der Waals surface area (Å²) in [5, 5.41) is 1.85. The number of amides is 1. The molecule has 132 valence electrons. The molecule has 1 amide bonds. The van der Waals surface area contributed by atoms with E-state index in [1.807, 2.05) is 35.5 Å². The van der Waals surface area contributed by atoms with E-state index in [4.69, 9.17) is 0 Å². The van der Waals surface area contributed by atoms with Crippen molar-refractivity contribution in [2.24, 2.45) is 0 Å². The molecule has 2 aromatic rings. The summed E-state index contributed by atoms with van der Waals surface area (Å²) in [6.07, 6.45) is 6.15. The molecule has 0 bridgehead atoms. The molecule has 2 unspecified atom stereocenters. The molecular weight excluding hydrogens is 329 g/mol. The van der Waals surface area contributed by atoms with E-state index in [-0.39, 0.29) is 23.8 Å². The molecule has 0 radical (unpaired) electrons. The van der Waals surface area contributed by atoms with E-state index in [1.54, 1.807) is 29.3 Å². The molecule has 1 N–H and O–H groups in total. The number of hydrogen-bond acceptors (Lipinski definition) is 3. The average Bonchev–Trinajstić information content (AvgIpc) is 3.10. The van der Waals surface area contributed by atoms with Crippen LogP contribution in [0.15, 0.2) is 67.5 Å². The first kappa shape index (κ1) is 16.5. The minimum atomic E-state index is -0.255. The van der Waals surface area contributed by atoms with Crippen molar-refractivity contribution in [2.45, 2.75) is 25.0 Å². The van der Waals surface area contributed by atoms with Crippen LogP contribution in [0.5, 0.6) is 0 Å². The summed E-state index contributed by atoms with van der Waals surface area (Å²) in [6, 6.07) is 14.2. The quantitative estimate of drug-likeness (QED) is 0.916. The molecule has 2 heterocycles. The summed E-state index contributed by atoms with van der Waals surface area (Å²) in [6.45, 7) is 4.29. The van der Waals surface area contributed by atoms with Gasteiger partial charge in [-0.3, -0.25) is 4.79 Å². The highest BCUT2D eigenvalue weighted by Crippen LogP contribution is 2.31. The molecule has 4 nitrogen and oxygen atoms in total. The Morgan fingerprint density at radius 2 is 1.85 bits per heavy atom. The number of nitrogens with one attached hydrogen (secondary N) is 1. The first-order chi connectivity index (χ1) is 12.6. The van der Waals surface area contributed by atoms with Crippen molar-refractivity contribution < 1.29 is 9.18 Å². The number of hydrazine groups is 1. The van der Waals surface area contributed by atoms with E-state index in [0.717, 1.165) is 16.7 Å². The molecule has 1 fully saturated rings. The molecule has 0 aromatic heterocycles. The van der Waals surface area contributed by atoms with E-state index in [2.05, 4.69) is 12.0 Å². The number of hydrogen-bond donors (Lipinski definition) is 1. The Labute approximate surface area is 152 Å². The lowest BCUT2D eigenvalue weighted by Gasteiger charge is -2.31. The maximum atomic E-state index is 13.1. The van der Waals surface area contributed by atoms with Crippen LogP contribution in [-0.2, 0) is 11.3 Å². The van der Waals surface area contributed by atoms with E-state index in [1.165, 1.54) is 12.1 Å². The van der Waals surface area contributed by atoms with Crippen LogP contribution in [0.25, 0.3) is 6.08 Å². The standard InChI is InChI=1S/C21H20FN3O/c1-2-15-3-5-16(6-4-15)14-24-11-12-25-20(21(24)26)13-19(23-25)17-7-9-18(22)10-8-17/h2-12,19-20,23H,1,13-14H2. The van der Waals surface area contributed by atoms with Gasteiger partial charge in [-0.15, -0.1) is 0 Å². The van der Waals surface area contributed by atoms with Crippen LogP contribution < -0.4 is 5.43 Å². The topological polar surface area (TPSA) is 35.6 Å². The Kier molecular flexibility index (Phi) is 4.31. The van der Waals surface area contributed by atoms with E-state index in [0.29, 0.717) is 13.0 Å². The fourth-order valence-electron chi connectivity index (χ4n) is 3.44. The molecule has 2 aliphatic heterocycles. The van der Waals surface area contributed by atoms with Crippen molar-refractivity contribution in [1.82, 2.24) is 15.3 Å². The number of carbonyl (C=O) groups excluding carboxylic acids is 1. The normalized spacial score (nSPS) is 21.8. The summed E-state index contributed by atoms with van der Waals surface area (Å²) in [4.78, 5) is 14.6. The molecule has 5 heteroatoms. The number of rotatable bonds is 4. The summed E-state index contributed by atoms with van der Waals surface area (Å²) in [5.74, 6) is -0.188. The zero-order valence-corrected chi connectivity index (χ0v) is 14.3. The summed E-state index contributed by atoms with van der Waals surface area (Å²) < 4.78 is 13.1. The van der Waals surface area contributed by atoms with Gasteiger partial charge in [0.15, 0.2) is 0 Å². The molecule has 26 heavy (non-hydrogen) atoms. The lowest BCUT2D eigenvalue weighted by Crippen LogP contribution is -2.47. The van der Waals surface area contributed by atoms with Crippen LogP contribution in [-0.4, -0.2) is 21.9 Å². The van der Waals surface area contributed by atoms with Gasteiger partial charge in [-0.25, -0.2) is 9.82 Å². The Hall–Kier alpha value is -2.92. The lowest BCUT2D eigenvalue weighted by atomic mass is 10.0. The van der Waals surface area contributed by atoms with E-state index < -0.39 is 0 Å². The van der Waals surface area contributed by atoms with Crippen molar-refractivity contribution >= 4 is 12.0 Å². The van der Waals surface area contributed by atoms with Crippen molar-refractivity contribution in [3.8, 4) is 0 Å². The Bertz CT molecular complexity index is 845. The van der Waals surface area contributed by atoms with Crippen LogP contribution >= 0.6 is 0 Å². The minimum Gasteiger partial charge on any atom is -0.311 e. The summed E-state index contributed by atoms with van der Waals surface area (Å²) in [5.41, 5.74) is 6.43. The lowest BCUT2D eigenvalue weighted by molar-refractivity contribution is -0.134. The number of nitrogens with zero attached hydrogens (tertiary/aromatic N) is 2. The van der Waals surface area contributed by atoms with Gasteiger partial charge in [0, 0.05) is 12.4 Å². The van der Waals surface area contributed by atoms with Gasteiger partial charge in [-0.05, 0) is 35.2 Å². The third-order valence-corrected chi connectivity index (χ3v) is 4.92. The predicted molar refractivity (Wildman–Crippen MR) is 98.7 cm³/mol. The van der Waals surface area contributed by atoms with Gasteiger partial charge < -0.3 is 9.91 Å². The fraction of sp³-hybridized carbons (Fsp3) is 0.190. The minimum absolute atomic E-state index is 0.000949. The molecule has 2 aromatic carbocycles. The zero-order chi connectivity index (χ0) is 18.1. The van der Waals surface area contributed by atoms with Crippen LogP contribution in [0, 0.1) is 5.82 Å². The molecule has 4 rings (SSSR count). The zero-order valence-electron chi connectivity index (χ0n) is 14.3. The SMILES string of the molecule is C=Cc1ccc(CN2C=CN3NC(c4ccc(F)cc4)CC3C2=O)cc1. The van der Waals surface area contributed by atoms with Crippen LogP contribution in [0.2, 0.25) is 0 Å². The highest BCUT2D eigenvalue weighted by Gasteiger charge is 2.39. The van der Waals surface area contributed by atoms with E-state index >= 15 is 0 Å². The molecule has 1 saturated heterocycles. The molecule has 0 saturated carbocycles. The first-order valence-electron chi connectivity index (χ1n) is 8.64. The average molecular weight is 349 g/mol. The predicted octanol–water partition coefficient (Wildman–Crippen LogP) is 3.60. The Morgan fingerprint density at radius 3 is 2.54 bits per heavy atom. The van der Waals surface area contributed by atoms with Gasteiger partial charge in [0.25, 0.3) is 5.91 Å². The maximum absolute atomic E-state index is 13.1. The van der Waals surface area contributed by atoms with Crippen molar-refractivity contribution in [3.63, 3.8) is 0 Å². The Balaban J connectivity index is 1.46. The number of halogens is 1. The largest absolute Gasteiger partial charge is 0.311 e. The van der Waals surface area contributed by atoms with Gasteiger partial charge in [0.1, 0.15) is 11.9 Å². The van der Waals surface area contributed by atoms with Gasteiger partial charge in [0.05, 0.1) is 12.6 Å². The fourth-order valence-corrected chi connectivity index (χ4v) is 3.44. The van der Waals surface area contributed by atoms with Crippen molar-refractivity contribution in [1.29, 1.82) is 0 Å². The first-order valence-corrected chi connectivity index (χ1v) is 8.64. The van der Waals surface area contributed by atoms with Crippen LogP contribution in [0.1, 0.15) is 29.2 Å². The third kappa shape index (κ3) is 3.13.